The molecule has 0 saturated heterocycles. The predicted molar refractivity (Wildman–Crippen MR) is 57.7 cm³/mol. The minimum absolute atomic E-state index is 0.627. The molecule has 0 amide bonds. The first kappa shape index (κ1) is 10.4. The van der Waals surface area contributed by atoms with Crippen LogP contribution in [0.15, 0.2) is 4.42 Å². The smallest absolute Gasteiger partial charge is 0.318 e. The summed E-state index contributed by atoms with van der Waals surface area (Å²) < 4.78 is 5.58. The van der Waals surface area contributed by atoms with E-state index >= 15 is 0 Å². The fourth-order valence-electron chi connectivity index (χ4n) is 1.60. The molecule has 0 spiro atoms. The highest BCUT2D eigenvalue weighted by Crippen LogP contribution is 2.30. The maximum atomic E-state index is 5.58. The monoisotopic (exact) mass is 210 g/mol. The molecule has 0 radical (unpaired) electrons. The summed E-state index contributed by atoms with van der Waals surface area (Å²) in [4.78, 5) is 2.18. The van der Waals surface area contributed by atoms with E-state index in [1.54, 1.807) is 0 Å². The third-order valence-electron chi connectivity index (χ3n) is 2.56. The Bertz CT molecular complexity index is 308. The van der Waals surface area contributed by atoms with Gasteiger partial charge in [0.05, 0.1) is 6.54 Å². The van der Waals surface area contributed by atoms with Gasteiger partial charge in [0.2, 0.25) is 5.89 Å². The zero-order valence-corrected chi connectivity index (χ0v) is 9.36. The quantitative estimate of drug-likeness (QED) is 0.763. The van der Waals surface area contributed by atoms with Crippen LogP contribution in [-0.4, -0.2) is 29.3 Å². The molecule has 84 valence electrons. The van der Waals surface area contributed by atoms with Crippen LogP contribution >= 0.6 is 0 Å². The Hall–Kier alpha value is -1.10. The minimum atomic E-state index is 0.627. The molecule has 1 aliphatic rings. The normalized spacial score (nSPS) is 15.6. The van der Waals surface area contributed by atoms with Gasteiger partial charge in [0.15, 0.2) is 0 Å². The second kappa shape index (κ2) is 4.61. The predicted octanol–water partition coefficient (Wildman–Crippen LogP) is 1.17. The van der Waals surface area contributed by atoms with Gasteiger partial charge < -0.3 is 14.6 Å². The van der Waals surface area contributed by atoms with Crippen molar-refractivity contribution in [2.24, 2.45) is 0 Å². The van der Waals surface area contributed by atoms with Crippen LogP contribution in [0.2, 0.25) is 0 Å². The molecule has 0 atom stereocenters. The summed E-state index contributed by atoms with van der Waals surface area (Å²) in [6, 6.07) is 1.30. The lowest BCUT2D eigenvalue weighted by molar-refractivity contribution is 0.464. The average Bonchev–Trinajstić information content (AvgIpc) is 2.96. The Labute approximate surface area is 89.9 Å². The van der Waals surface area contributed by atoms with Gasteiger partial charge in [-0.15, -0.1) is 5.10 Å². The number of aromatic nitrogens is 2. The van der Waals surface area contributed by atoms with Crippen LogP contribution in [0.3, 0.4) is 0 Å². The van der Waals surface area contributed by atoms with Crippen LogP contribution in [-0.2, 0) is 6.54 Å². The molecule has 5 nitrogen and oxygen atoms in total. The highest BCUT2D eigenvalue weighted by Gasteiger charge is 2.31. The third kappa shape index (κ3) is 2.47. The van der Waals surface area contributed by atoms with E-state index in [9.17, 15) is 0 Å². The summed E-state index contributed by atoms with van der Waals surface area (Å²) in [5.41, 5.74) is 0. The fourth-order valence-corrected chi connectivity index (χ4v) is 1.60. The SMILES string of the molecule is CCNCc1nnc(N(CC)C2CC2)o1. The molecule has 0 aliphatic heterocycles. The van der Waals surface area contributed by atoms with Crippen molar-refractivity contribution in [2.45, 2.75) is 39.3 Å². The van der Waals surface area contributed by atoms with Crippen molar-refractivity contribution in [1.29, 1.82) is 0 Å². The lowest BCUT2D eigenvalue weighted by Crippen LogP contribution is -2.25. The summed E-state index contributed by atoms with van der Waals surface area (Å²) in [7, 11) is 0. The lowest BCUT2D eigenvalue weighted by atomic mass is 10.5. The fraction of sp³-hybridized carbons (Fsp3) is 0.800. The van der Waals surface area contributed by atoms with Gasteiger partial charge in [0.25, 0.3) is 0 Å². The van der Waals surface area contributed by atoms with Gasteiger partial charge in [-0.3, -0.25) is 0 Å². The first-order chi connectivity index (χ1) is 7.35. The van der Waals surface area contributed by atoms with E-state index in [-0.39, 0.29) is 0 Å². The largest absolute Gasteiger partial charge is 0.407 e. The van der Waals surface area contributed by atoms with Crippen molar-refractivity contribution in [3.63, 3.8) is 0 Å². The zero-order valence-electron chi connectivity index (χ0n) is 9.36. The number of anilines is 1. The molecule has 1 fully saturated rings. The van der Waals surface area contributed by atoms with E-state index in [0.29, 0.717) is 24.5 Å². The molecule has 5 heteroatoms. The van der Waals surface area contributed by atoms with Crippen molar-refractivity contribution in [1.82, 2.24) is 15.5 Å². The molecule has 1 aromatic rings. The molecule has 0 aromatic carbocycles. The molecule has 1 saturated carbocycles. The Balaban J connectivity index is 1.98. The van der Waals surface area contributed by atoms with Gasteiger partial charge in [0, 0.05) is 12.6 Å². The van der Waals surface area contributed by atoms with E-state index < -0.39 is 0 Å². The number of hydrogen-bond acceptors (Lipinski definition) is 5. The van der Waals surface area contributed by atoms with E-state index in [4.69, 9.17) is 4.42 Å². The number of nitrogens with zero attached hydrogens (tertiary/aromatic N) is 3. The molecule has 1 aliphatic carbocycles. The Kier molecular flexibility index (Phi) is 3.20. The standard InChI is InChI=1S/C10H18N4O/c1-3-11-7-9-12-13-10(15-9)14(4-2)8-5-6-8/h8,11H,3-7H2,1-2H3. The molecule has 1 heterocycles. The van der Waals surface area contributed by atoms with E-state index in [0.717, 1.165) is 13.1 Å². The van der Waals surface area contributed by atoms with Crippen LogP contribution in [0, 0.1) is 0 Å². The van der Waals surface area contributed by atoms with Gasteiger partial charge in [-0.05, 0) is 26.3 Å². The molecular formula is C10H18N4O. The molecule has 0 unspecified atom stereocenters. The van der Waals surface area contributed by atoms with E-state index in [2.05, 4.69) is 34.3 Å². The van der Waals surface area contributed by atoms with E-state index in [1.807, 2.05) is 0 Å². The number of rotatable bonds is 6. The van der Waals surface area contributed by atoms with Gasteiger partial charge in [-0.2, -0.15) is 0 Å². The van der Waals surface area contributed by atoms with Gasteiger partial charge in [-0.25, -0.2) is 0 Å². The molecule has 1 aromatic heterocycles. The maximum absolute atomic E-state index is 5.58. The zero-order chi connectivity index (χ0) is 10.7. The average molecular weight is 210 g/mol. The second-order valence-corrected chi connectivity index (χ2v) is 3.78. The molecule has 1 N–H and O–H groups in total. The van der Waals surface area contributed by atoms with E-state index in [1.165, 1.54) is 12.8 Å². The summed E-state index contributed by atoms with van der Waals surface area (Å²) in [5, 5.41) is 11.2. The summed E-state index contributed by atoms with van der Waals surface area (Å²) in [6.45, 7) is 6.68. The summed E-state index contributed by atoms with van der Waals surface area (Å²) >= 11 is 0. The van der Waals surface area contributed by atoms with Crippen LogP contribution in [0.5, 0.6) is 0 Å². The molecule has 0 bridgehead atoms. The lowest BCUT2D eigenvalue weighted by Gasteiger charge is -2.16. The van der Waals surface area contributed by atoms with Crippen LogP contribution < -0.4 is 10.2 Å². The van der Waals surface area contributed by atoms with Gasteiger partial charge in [-0.1, -0.05) is 12.0 Å². The Morgan fingerprint density at radius 2 is 2.20 bits per heavy atom. The highest BCUT2D eigenvalue weighted by molar-refractivity contribution is 5.29. The van der Waals surface area contributed by atoms with Crippen LogP contribution in [0.1, 0.15) is 32.6 Å². The van der Waals surface area contributed by atoms with Crippen LogP contribution in [0.4, 0.5) is 6.01 Å². The van der Waals surface area contributed by atoms with Crippen molar-refractivity contribution in [2.75, 3.05) is 18.0 Å². The van der Waals surface area contributed by atoms with Gasteiger partial charge in [0.1, 0.15) is 0 Å². The summed E-state index contributed by atoms with van der Waals surface area (Å²) in [5.74, 6) is 0.672. The molecular weight excluding hydrogens is 192 g/mol. The minimum Gasteiger partial charge on any atom is -0.407 e. The highest BCUT2D eigenvalue weighted by atomic mass is 16.4. The number of hydrogen-bond donors (Lipinski definition) is 1. The van der Waals surface area contributed by atoms with Crippen molar-refractivity contribution in [3.8, 4) is 0 Å². The second-order valence-electron chi connectivity index (χ2n) is 3.78. The van der Waals surface area contributed by atoms with Crippen molar-refractivity contribution < 1.29 is 4.42 Å². The maximum Gasteiger partial charge on any atom is 0.318 e. The molecule has 2 rings (SSSR count). The van der Waals surface area contributed by atoms with Crippen molar-refractivity contribution in [3.05, 3.63) is 5.89 Å². The summed E-state index contributed by atoms with van der Waals surface area (Å²) in [6.07, 6.45) is 2.50. The van der Waals surface area contributed by atoms with Crippen molar-refractivity contribution >= 4 is 6.01 Å². The number of nitrogens with one attached hydrogen (secondary N) is 1. The topological polar surface area (TPSA) is 54.2 Å². The Morgan fingerprint density at radius 3 is 2.80 bits per heavy atom. The van der Waals surface area contributed by atoms with Crippen LogP contribution in [0.25, 0.3) is 0 Å². The van der Waals surface area contributed by atoms with Gasteiger partial charge >= 0.3 is 6.01 Å². The first-order valence-electron chi connectivity index (χ1n) is 5.64. The molecule has 15 heavy (non-hydrogen) atoms. The third-order valence-corrected chi connectivity index (χ3v) is 2.56. The Morgan fingerprint density at radius 1 is 1.40 bits per heavy atom. The first-order valence-corrected chi connectivity index (χ1v) is 5.64.